The molecule has 1 aliphatic rings. The van der Waals surface area contributed by atoms with Gasteiger partial charge in [-0.3, -0.25) is 9.69 Å². The van der Waals surface area contributed by atoms with Crippen LogP contribution in [0.3, 0.4) is 0 Å². The molecule has 0 aliphatic carbocycles. The molecular weight excluding hydrogens is 336 g/mol. The lowest BCUT2D eigenvalue weighted by atomic mass is 10.0. The van der Waals surface area contributed by atoms with Crippen LogP contribution < -0.4 is 5.32 Å². The molecule has 0 saturated carbocycles. The van der Waals surface area contributed by atoms with Gasteiger partial charge < -0.3 is 10.3 Å². The second-order valence-corrected chi connectivity index (χ2v) is 7.02. The molecule has 4 rings (SSSR count). The Morgan fingerprint density at radius 1 is 1.19 bits per heavy atom. The first-order chi connectivity index (χ1) is 13.3. The maximum atomic E-state index is 12.3. The standard InChI is InChI=1S/C22H24N4O/c27-21(9-8-18-15-24-22-20(18)7-4-12-23-22)25-19-10-13-26(14-11-19)16-17-5-2-1-3-6-17/h1-9,12,15,19H,10-11,13-14,16H2,(H,23,24)(H,25,27)/b9-8+. The maximum Gasteiger partial charge on any atom is 0.244 e. The van der Waals surface area contributed by atoms with Crippen LogP contribution in [0.5, 0.6) is 0 Å². The number of amides is 1. The second-order valence-electron chi connectivity index (χ2n) is 7.02. The first kappa shape index (κ1) is 17.5. The molecule has 138 valence electrons. The van der Waals surface area contributed by atoms with Crippen LogP contribution in [0.25, 0.3) is 17.1 Å². The van der Waals surface area contributed by atoms with Crippen molar-refractivity contribution in [3.8, 4) is 0 Å². The average Bonchev–Trinajstić information content (AvgIpc) is 3.12. The van der Waals surface area contributed by atoms with Crippen molar-refractivity contribution in [1.29, 1.82) is 0 Å². The van der Waals surface area contributed by atoms with Crippen molar-refractivity contribution in [1.82, 2.24) is 20.2 Å². The molecule has 2 N–H and O–H groups in total. The van der Waals surface area contributed by atoms with E-state index in [1.807, 2.05) is 30.5 Å². The van der Waals surface area contributed by atoms with E-state index < -0.39 is 0 Å². The number of hydrogen-bond acceptors (Lipinski definition) is 3. The number of carbonyl (C=O) groups is 1. The molecule has 3 aromatic rings. The molecule has 5 nitrogen and oxygen atoms in total. The third-order valence-electron chi connectivity index (χ3n) is 5.08. The Hall–Kier alpha value is -2.92. The van der Waals surface area contributed by atoms with Crippen LogP contribution >= 0.6 is 0 Å². The van der Waals surface area contributed by atoms with Gasteiger partial charge in [-0.25, -0.2) is 4.98 Å². The van der Waals surface area contributed by atoms with Gasteiger partial charge in [-0.1, -0.05) is 30.3 Å². The summed E-state index contributed by atoms with van der Waals surface area (Å²) in [5.74, 6) is -0.0326. The number of nitrogens with one attached hydrogen (secondary N) is 2. The minimum atomic E-state index is -0.0326. The smallest absolute Gasteiger partial charge is 0.244 e. The largest absolute Gasteiger partial charge is 0.350 e. The lowest BCUT2D eigenvalue weighted by molar-refractivity contribution is -0.117. The SMILES string of the molecule is O=C(/C=C/c1c[nH]c2ncccc12)NC1CCN(Cc2ccccc2)CC1. The molecule has 3 heterocycles. The van der Waals surface area contributed by atoms with Crippen LogP contribution in [0.4, 0.5) is 0 Å². The summed E-state index contributed by atoms with van der Waals surface area (Å²) < 4.78 is 0. The summed E-state index contributed by atoms with van der Waals surface area (Å²) in [5.41, 5.74) is 3.16. The Labute approximate surface area is 159 Å². The minimum Gasteiger partial charge on any atom is -0.350 e. The lowest BCUT2D eigenvalue weighted by Gasteiger charge is -2.32. The van der Waals surface area contributed by atoms with E-state index in [1.54, 1.807) is 12.3 Å². The molecule has 1 fully saturated rings. The number of nitrogens with zero attached hydrogens (tertiary/aromatic N) is 2. The number of H-pyrrole nitrogens is 1. The second kappa shape index (κ2) is 8.18. The molecule has 0 bridgehead atoms. The van der Waals surface area contributed by atoms with Gasteiger partial charge in [0.1, 0.15) is 5.65 Å². The van der Waals surface area contributed by atoms with Crippen LogP contribution in [-0.2, 0) is 11.3 Å². The van der Waals surface area contributed by atoms with E-state index >= 15 is 0 Å². The fraction of sp³-hybridized carbons (Fsp3) is 0.273. The van der Waals surface area contributed by atoms with Crippen molar-refractivity contribution in [2.75, 3.05) is 13.1 Å². The van der Waals surface area contributed by atoms with E-state index in [2.05, 4.69) is 44.5 Å². The molecule has 27 heavy (non-hydrogen) atoms. The summed E-state index contributed by atoms with van der Waals surface area (Å²) >= 11 is 0. The van der Waals surface area contributed by atoms with E-state index in [0.717, 1.165) is 49.1 Å². The van der Waals surface area contributed by atoms with Gasteiger partial charge in [-0.2, -0.15) is 0 Å². The average molecular weight is 360 g/mol. The Kier molecular flexibility index (Phi) is 5.30. The van der Waals surface area contributed by atoms with E-state index in [1.165, 1.54) is 5.56 Å². The predicted octanol–water partition coefficient (Wildman–Crippen LogP) is 3.36. The number of aromatic amines is 1. The van der Waals surface area contributed by atoms with Crippen LogP contribution in [-0.4, -0.2) is 39.9 Å². The van der Waals surface area contributed by atoms with E-state index in [0.29, 0.717) is 0 Å². The highest BCUT2D eigenvalue weighted by atomic mass is 16.1. The zero-order chi connectivity index (χ0) is 18.5. The van der Waals surface area contributed by atoms with Gasteiger partial charge in [0.2, 0.25) is 5.91 Å². The third-order valence-corrected chi connectivity index (χ3v) is 5.08. The summed E-state index contributed by atoms with van der Waals surface area (Å²) in [7, 11) is 0. The summed E-state index contributed by atoms with van der Waals surface area (Å²) in [6, 6.07) is 14.7. The molecule has 0 atom stereocenters. The van der Waals surface area contributed by atoms with E-state index in [-0.39, 0.29) is 11.9 Å². The van der Waals surface area contributed by atoms with Crippen LogP contribution in [0, 0.1) is 0 Å². The van der Waals surface area contributed by atoms with Crippen LogP contribution in [0.1, 0.15) is 24.0 Å². The Bertz CT molecular complexity index is 924. The number of pyridine rings is 1. The molecule has 0 spiro atoms. The fourth-order valence-electron chi connectivity index (χ4n) is 3.61. The highest BCUT2D eigenvalue weighted by Crippen LogP contribution is 2.17. The van der Waals surface area contributed by atoms with Gasteiger partial charge >= 0.3 is 0 Å². The topological polar surface area (TPSA) is 61.0 Å². The number of piperidine rings is 1. The van der Waals surface area contributed by atoms with Crippen molar-refractivity contribution < 1.29 is 4.79 Å². The van der Waals surface area contributed by atoms with Gasteiger partial charge in [-0.15, -0.1) is 0 Å². The van der Waals surface area contributed by atoms with Crippen molar-refractivity contribution in [3.05, 3.63) is 72.1 Å². The van der Waals surface area contributed by atoms with Crippen molar-refractivity contribution in [3.63, 3.8) is 0 Å². The summed E-state index contributed by atoms with van der Waals surface area (Å²) in [6.07, 6.45) is 9.08. The number of hydrogen-bond donors (Lipinski definition) is 2. The first-order valence-corrected chi connectivity index (χ1v) is 9.45. The first-order valence-electron chi connectivity index (χ1n) is 9.45. The highest BCUT2D eigenvalue weighted by molar-refractivity contribution is 5.95. The monoisotopic (exact) mass is 360 g/mol. The van der Waals surface area contributed by atoms with Gasteiger partial charge in [0.05, 0.1) is 0 Å². The number of fused-ring (bicyclic) bond motifs is 1. The molecule has 1 saturated heterocycles. The predicted molar refractivity (Wildman–Crippen MR) is 108 cm³/mol. The lowest BCUT2D eigenvalue weighted by Crippen LogP contribution is -2.43. The number of carbonyl (C=O) groups excluding carboxylic acids is 1. The van der Waals surface area contributed by atoms with Crippen LogP contribution in [0.15, 0.2) is 60.9 Å². The zero-order valence-electron chi connectivity index (χ0n) is 15.3. The number of benzene rings is 1. The summed E-state index contributed by atoms with van der Waals surface area (Å²) in [4.78, 5) is 22.1. The Balaban J connectivity index is 1.27. The van der Waals surface area contributed by atoms with Crippen molar-refractivity contribution in [2.45, 2.75) is 25.4 Å². The molecular formula is C22H24N4O. The molecule has 0 unspecified atom stereocenters. The molecule has 2 aromatic heterocycles. The third kappa shape index (κ3) is 4.44. The van der Waals surface area contributed by atoms with Crippen molar-refractivity contribution >= 4 is 23.0 Å². The Morgan fingerprint density at radius 3 is 2.81 bits per heavy atom. The Morgan fingerprint density at radius 2 is 2.00 bits per heavy atom. The van der Waals surface area contributed by atoms with Crippen molar-refractivity contribution in [2.24, 2.45) is 0 Å². The fourth-order valence-corrected chi connectivity index (χ4v) is 3.61. The van der Waals surface area contributed by atoms with E-state index in [4.69, 9.17) is 0 Å². The molecule has 1 aromatic carbocycles. The van der Waals surface area contributed by atoms with Gasteiger partial charge in [-0.05, 0) is 36.6 Å². The summed E-state index contributed by atoms with van der Waals surface area (Å²) in [5, 5.41) is 4.16. The number of aromatic nitrogens is 2. The molecule has 5 heteroatoms. The number of likely N-dealkylation sites (tertiary alicyclic amines) is 1. The molecule has 0 radical (unpaired) electrons. The number of rotatable bonds is 5. The zero-order valence-corrected chi connectivity index (χ0v) is 15.3. The van der Waals surface area contributed by atoms with Gasteiger partial charge in [0.15, 0.2) is 0 Å². The van der Waals surface area contributed by atoms with Crippen LogP contribution in [0.2, 0.25) is 0 Å². The van der Waals surface area contributed by atoms with Gasteiger partial charge in [0.25, 0.3) is 0 Å². The highest BCUT2D eigenvalue weighted by Gasteiger charge is 2.20. The normalized spacial score (nSPS) is 16.1. The maximum absolute atomic E-state index is 12.3. The summed E-state index contributed by atoms with van der Waals surface area (Å²) in [6.45, 7) is 3.01. The van der Waals surface area contributed by atoms with Gasteiger partial charge in [0, 0.05) is 55.1 Å². The molecule has 1 amide bonds. The molecule has 1 aliphatic heterocycles. The minimum absolute atomic E-state index is 0.0326. The quantitative estimate of drug-likeness (QED) is 0.686. The van der Waals surface area contributed by atoms with E-state index in [9.17, 15) is 4.79 Å².